The molecule has 1 rings (SSSR count). The first-order valence-corrected chi connectivity index (χ1v) is 4.58. The lowest BCUT2D eigenvalue weighted by Crippen LogP contribution is -2.21. The van der Waals surface area contributed by atoms with Gasteiger partial charge in [-0.15, -0.1) is 0 Å². The fraction of sp³-hybridized carbons (Fsp3) is 0.200. The first-order chi connectivity index (χ1) is 8.19. The molecule has 0 fully saturated rings. The second-order valence-corrected chi connectivity index (χ2v) is 3.34. The van der Waals surface area contributed by atoms with E-state index in [0.717, 1.165) is 12.1 Å². The smallest absolute Gasteiger partial charge is 0.397 e. The Bertz CT molecular complexity index is 485. The summed E-state index contributed by atoms with van der Waals surface area (Å²) >= 11 is 0. The van der Waals surface area contributed by atoms with Crippen molar-refractivity contribution in [1.29, 1.82) is 0 Å². The second kappa shape index (κ2) is 5.03. The Hall–Kier alpha value is -2.12. The van der Waals surface area contributed by atoms with Crippen LogP contribution in [0.1, 0.15) is 16.8 Å². The lowest BCUT2D eigenvalue weighted by molar-refractivity contribution is -0.150. The van der Waals surface area contributed by atoms with Crippen molar-refractivity contribution in [3.63, 3.8) is 0 Å². The molecule has 0 aliphatic rings. The number of aromatic carboxylic acids is 1. The van der Waals surface area contributed by atoms with Crippen molar-refractivity contribution in [1.82, 2.24) is 0 Å². The fourth-order valence-corrected chi connectivity index (χ4v) is 1.13. The predicted octanol–water partition coefficient (Wildman–Crippen LogP) is 2.41. The van der Waals surface area contributed by atoms with Crippen LogP contribution in [-0.2, 0) is 4.79 Å². The van der Waals surface area contributed by atoms with Gasteiger partial charge in [0.15, 0.2) is 0 Å². The molecule has 2 N–H and O–H groups in total. The molecule has 0 aromatic heterocycles. The van der Waals surface area contributed by atoms with Crippen LogP contribution in [0.5, 0.6) is 0 Å². The maximum Gasteiger partial charge on any atom is 0.397 e. The number of benzene rings is 1. The van der Waals surface area contributed by atoms with Crippen molar-refractivity contribution < 1.29 is 32.3 Å². The Morgan fingerprint density at radius 3 is 2.33 bits per heavy atom. The van der Waals surface area contributed by atoms with Crippen molar-refractivity contribution >= 4 is 17.6 Å². The van der Waals surface area contributed by atoms with E-state index in [1.54, 1.807) is 5.32 Å². The van der Waals surface area contributed by atoms with Gasteiger partial charge < -0.3 is 10.4 Å². The molecule has 1 amide bonds. The summed E-state index contributed by atoms with van der Waals surface area (Å²) in [4.78, 5) is 21.4. The molecule has 1 aromatic rings. The number of hydrogen-bond acceptors (Lipinski definition) is 2. The molecule has 4 nitrogen and oxygen atoms in total. The third kappa shape index (κ3) is 4.04. The van der Waals surface area contributed by atoms with E-state index in [4.69, 9.17) is 5.11 Å². The molecular weight excluding hydrogens is 258 g/mol. The predicted molar refractivity (Wildman–Crippen MR) is 52.7 cm³/mol. The molecule has 0 aliphatic carbocycles. The summed E-state index contributed by atoms with van der Waals surface area (Å²) < 4.78 is 48.8. The summed E-state index contributed by atoms with van der Waals surface area (Å²) in [6.45, 7) is 0. The SMILES string of the molecule is O=C(CC(F)(F)F)Nc1ccc(C(=O)O)cc1F. The second-order valence-electron chi connectivity index (χ2n) is 3.34. The summed E-state index contributed by atoms with van der Waals surface area (Å²) in [5.41, 5.74) is -0.879. The highest BCUT2D eigenvalue weighted by atomic mass is 19.4. The van der Waals surface area contributed by atoms with Crippen LogP contribution in [-0.4, -0.2) is 23.2 Å². The lowest BCUT2D eigenvalue weighted by atomic mass is 10.2. The van der Waals surface area contributed by atoms with Crippen LogP contribution in [0.15, 0.2) is 18.2 Å². The monoisotopic (exact) mass is 265 g/mol. The highest BCUT2D eigenvalue weighted by Crippen LogP contribution is 2.21. The minimum Gasteiger partial charge on any atom is -0.478 e. The zero-order chi connectivity index (χ0) is 13.9. The molecule has 98 valence electrons. The Labute approximate surface area is 98.2 Å². The Morgan fingerprint density at radius 2 is 1.89 bits per heavy atom. The largest absolute Gasteiger partial charge is 0.478 e. The molecular formula is C10H7F4NO3. The molecule has 8 heteroatoms. The van der Waals surface area contributed by atoms with Gasteiger partial charge >= 0.3 is 12.1 Å². The highest BCUT2D eigenvalue weighted by Gasteiger charge is 2.31. The number of rotatable bonds is 3. The third-order valence-electron chi connectivity index (χ3n) is 1.85. The van der Waals surface area contributed by atoms with Crippen molar-refractivity contribution in [2.45, 2.75) is 12.6 Å². The minimum absolute atomic E-state index is 0.374. The molecule has 0 bridgehead atoms. The lowest BCUT2D eigenvalue weighted by Gasteiger charge is -2.08. The Morgan fingerprint density at radius 1 is 1.28 bits per heavy atom. The average Bonchev–Trinajstić information content (AvgIpc) is 2.17. The zero-order valence-electron chi connectivity index (χ0n) is 8.71. The molecule has 0 spiro atoms. The number of carboxylic acids is 1. The molecule has 0 saturated heterocycles. The Kier molecular flexibility index (Phi) is 3.89. The fourth-order valence-electron chi connectivity index (χ4n) is 1.13. The van der Waals surface area contributed by atoms with Gasteiger partial charge in [0, 0.05) is 0 Å². The molecule has 0 unspecified atom stereocenters. The molecule has 0 radical (unpaired) electrons. The topological polar surface area (TPSA) is 66.4 Å². The first-order valence-electron chi connectivity index (χ1n) is 4.58. The summed E-state index contributed by atoms with van der Waals surface area (Å²) in [7, 11) is 0. The van der Waals surface area contributed by atoms with Gasteiger partial charge in [0.25, 0.3) is 0 Å². The average molecular weight is 265 g/mol. The van der Waals surface area contributed by atoms with E-state index in [1.807, 2.05) is 0 Å². The number of nitrogens with one attached hydrogen (secondary N) is 1. The highest BCUT2D eigenvalue weighted by molar-refractivity contribution is 5.92. The van der Waals surface area contributed by atoms with E-state index in [0.29, 0.717) is 6.07 Å². The Balaban J connectivity index is 2.80. The maximum absolute atomic E-state index is 13.2. The number of anilines is 1. The van der Waals surface area contributed by atoms with Gasteiger partial charge in [0.1, 0.15) is 12.2 Å². The van der Waals surface area contributed by atoms with Gasteiger partial charge in [-0.1, -0.05) is 0 Å². The van der Waals surface area contributed by atoms with Gasteiger partial charge in [-0.25, -0.2) is 9.18 Å². The van der Waals surface area contributed by atoms with Crippen LogP contribution in [0.3, 0.4) is 0 Å². The van der Waals surface area contributed by atoms with Gasteiger partial charge in [0.2, 0.25) is 5.91 Å². The van der Waals surface area contributed by atoms with Crippen LogP contribution < -0.4 is 5.32 Å². The van der Waals surface area contributed by atoms with Gasteiger partial charge in [-0.05, 0) is 18.2 Å². The molecule has 0 saturated carbocycles. The number of amides is 1. The van der Waals surface area contributed by atoms with Crippen molar-refractivity contribution in [3.8, 4) is 0 Å². The van der Waals surface area contributed by atoms with Gasteiger partial charge in [-0.2, -0.15) is 13.2 Å². The van der Waals surface area contributed by atoms with Crippen LogP contribution in [0, 0.1) is 5.82 Å². The minimum atomic E-state index is -4.69. The van der Waals surface area contributed by atoms with E-state index in [-0.39, 0.29) is 5.56 Å². The number of hydrogen-bond donors (Lipinski definition) is 2. The van der Waals surface area contributed by atoms with Crippen LogP contribution in [0.25, 0.3) is 0 Å². The van der Waals surface area contributed by atoms with Crippen molar-refractivity contribution in [2.24, 2.45) is 0 Å². The first kappa shape index (κ1) is 13.9. The number of carbonyl (C=O) groups is 2. The summed E-state index contributed by atoms with van der Waals surface area (Å²) in [5, 5.41) is 10.2. The third-order valence-corrected chi connectivity index (χ3v) is 1.85. The van der Waals surface area contributed by atoms with Crippen molar-refractivity contribution in [3.05, 3.63) is 29.6 Å². The molecule has 0 aliphatic heterocycles. The molecule has 1 aromatic carbocycles. The summed E-state index contributed by atoms with van der Waals surface area (Å²) in [5.74, 6) is -3.93. The maximum atomic E-state index is 13.2. The van der Waals surface area contributed by atoms with E-state index < -0.39 is 36.0 Å². The van der Waals surface area contributed by atoms with Crippen molar-refractivity contribution in [2.75, 3.05) is 5.32 Å². The standard InChI is InChI=1S/C10H7F4NO3/c11-6-3-5(9(17)18)1-2-7(6)15-8(16)4-10(12,13)14/h1-3H,4H2,(H,15,16)(H,17,18). The zero-order valence-corrected chi connectivity index (χ0v) is 8.71. The van der Waals surface area contributed by atoms with E-state index in [9.17, 15) is 27.2 Å². The summed E-state index contributed by atoms with van der Waals surface area (Å²) in [6, 6.07) is 2.45. The van der Waals surface area contributed by atoms with Gasteiger partial charge in [0.05, 0.1) is 11.3 Å². The number of carbonyl (C=O) groups excluding carboxylic acids is 1. The van der Waals surface area contributed by atoms with Crippen LogP contribution in [0.4, 0.5) is 23.2 Å². The number of halogens is 4. The van der Waals surface area contributed by atoms with E-state index >= 15 is 0 Å². The van der Waals surface area contributed by atoms with E-state index in [1.165, 1.54) is 0 Å². The quantitative estimate of drug-likeness (QED) is 0.825. The molecule has 0 atom stereocenters. The molecule has 18 heavy (non-hydrogen) atoms. The normalized spacial score (nSPS) is 11.1. The summed E-state index contributed by atoms with van der Waals surface area (Å²) in [6.07, 6.45) is -6.44. The number of alkyl halides is 3. The van der Waals surface area contributed by atoms with Gasteiger partial charge in [-0.3, -0.25) is 4.79 Å². The molecule has 0 heterocycles. The number of carboxylic acid groups (broad SMARTS) is 1. The van der Waals surface area contributed by atoms with E-state index in [2.05, 4.69) is 0 Å². The van der Waals surface area contributed by atoms with Crippen LogP contribution in [0.2, 0.25) is 0 Å². The van der Waals surface area contributed by atoms with Crippen LogP contribution >= 0.6 is 0 Å².